The Morgan fingerprint density at radius 2 is 1.92 bits per heavy atom. The predicted molar refractivity (Wildman–Crippen MR) is 84.8 cm³/mol. The van der Waals surface area contributed by atoms with Gasteiger partial charge >= 0.3 is 11.9 Å². The van der Waals surface area contributed by atoms with E-state index in [1.54, 1.807) is 17.9 Å². The molecule has 24 heavy (non-hydrogen) atoms. The van der Waals surface area contributed by atoms with E-state index in [1.165, 1.54) is 12.1 Å². The van der Waals surface area contributed by atoms with Crippen LogP contribution < -0.4 is 10.2 Å². The Morgan fingerprint density at radius 3 is 2.54 bits per heavy atom. The summed E-state index contributed by atoms with van der Waals surface area (Å²) in [6, 6.07) is 6.31. The summed E-state index contributed by atoms with van der Waals surface area (Å²) in [5.41, 5.74) is 0.776. The van der Waals surface area contributed by atoms with E-state index in [0.29, 0.717) is 26.2 Å². The van der Waals surface area contributed by atoms with Crippen molar-refractivity contribution < 1.29 is 23.5 Å². The zero-order valence-corrected chi connectivity index (χ0v) is 13.5. The van der Waals surface area contributed by atoms with Gasteiger partial charge < -0.3 is 19.9 Å². The van der Waals surface area contributed by atoms with Gasteiger partial charge in [0, 0.05) is 31.9 Å². The number of hydrogen-bond donors (Lipinski definition) is 1. The van der Waals surface area contributed by atoms with Crippen molar-refractivity contribution in [2.75, 3.05) is 44.2 Å². The van der Waals surface area contributed by atoms with E-state index in [4.69, 9.17) is 0 Å². The van der Waals surface area contributed by atoms with Crippen LogP contribution in [0.2, 0.25) is 0 Å². The minimum atomic E-state index is -0.999. The van der Waals surface area contributed by atoms with E-state index < -0.39 is 11.9 Å². The molecule has 1 heterocycles. The van der Waals surface area contributed by atoms with Gasteiger partial charge in [-0.25, -0.2) is 9.18 Å². The standard InChI is InChI=1S/C16H20FN3O4/c1-2-24-16(23)15(22)18-11-14(21)20-8-6-19(7-9-20)13-5-3-4-12(17)10-13/h3-5,10H,2,6-9,11H2,1H3,(H,18,22). The minimum Gasteiger partial charge on any atom is -0.459 e. The maximum atomic E-state index is 13.3. The van der Waals surface area contributed by atoms with Crippen molar-refractivity contribution in [3.05, 3.63) is 30.1 Å². The summed E-state index contributed by atoms with van der Waals surface area (Å²) in [6.07, 6.45) is 0. The average molecular weight is 337 g/mol. The Kier molecular flexibility index (Phi) is 6.11. The van der Waals surface area contributed by atoms with Crippen LogP contribution in [0.4, 0.5) is 10.1 Å². The summed E-state index contributed by atoms with van der Waals surface area (Å²) in [7, 11) is 0. The number of nitrogens with one attached hydrogen (secondary N) is 1. The van der Waals surface area contributed by atoms with E-state index in [9.17, 15) is 18.8 Å². The number of piperazine rings is 1. The summed E-state index contributed by atoms with van der Waals surface area (Å²) in [6.45, 7) is 3.51. The molecule has 0 bridgehead atoms. The third kappa shape index (κ3) is 4.68. The Balaban J connectivity index is 1.78. The second kappa shape index (κ2) is 8.28. The Hall–Kier alpha value is -2.64. The van der Waals surface area contributed by atoms with E-state index in [2.05, 4.69) is 10.1 Å². The summed E-state index contributed by atoms with van der Waals surface area (Å²) in [4.78, 5) is 38.2. The first-order valence-electron chi connectivity index (χ1n) is 7.74. The van der Waals surface area contributed by atoms with Gasteiger partial charge in [0.1, 0.15) is 5.82 Å². The number of ether oxygens (including phenoxy) is 1. The number of amides is 2. The number of carbonyl (C=O) groups is 3. The van der Waals surface area contributed by atoms with Crippen LogP contribution in [0.25, 0.3) is 0 Å². The van der Waals surface area contributed by atoms with Gasteiger partial charge in [0.05, 0.1) is 13.2 Å². The minimum absolute atomic E-state index is 0.0994. The predicted octanol–water partition coefficient (Wildman–Crippen LogP) is 0.154. The first-order chi connectivity index (χ1) is 11.5. The van der Waals surface area contributed by atoms with Gasteiger partial charge in [-0.15, -0.1) is 0 Å². The van der Waals surface area contributed by atoms with E-state index in [1.807, 2.05) is 11.0 Å². The zero-order valence-electron chi connectivity index (χ0n) is 13.5. The lowest BCUT2D eigenvalue weighted by Gasteiger charge is -2.36. The summed E-state index contributed by atoms with van der Waals surface area (Å²) in [5, 5.41) is 2.25. The van der Waals surface area contributed by atoms with Gasteiger partial charge in [-0.2, -0.15) is 0 Å². The van der Waals surface area contributed by atoms with Crippen LogP contribution in [0.5, 0.6) is 0 Å². The normalized spacial score (nSPS) is 14.2. The average Bonchev–Trinajstić information content (AvgIpc) is 2.59. The third-order valence-electron chi connectivity index (χ3n) is 3.67. The van der Waals surface area contributed by atoms with E-state index in [0.717, 1.165) is 5.69 Å². The van der Waals surface area contributed by atoms with Crippen LogP contribution in [0.3, 0.4) is 0 Å². The number of rotatable bonds is 4. The molecule has 0 radical (unpaired) electrons. The van der Waals surface area contributed by atoms with Crippen LogP contribution in [-0.2, 0) is 19.1 Å². The Morgan fingerprint density at radius 1 is 1.21 bits per heavy atom. The van der Waals surface area contributed by atoms with Crippen LogP contribution in [0, 0.1) is 5.82 Å². The molecular formula is C16H20FN3O4. The molecule has 2 rings (SSSR count). The number of anilines is 1. The van der Waals surface area contributed by atoms with Crippen molar-refractivity contribution in [2.24, 2.45) is 0 Å². The molecule has 7 nitrogen and oxygen atoms in total. The largest absolute Gasteiger partial charge is 0.459 e. The lowest BCUT2D eigenvalue weighted by atomic mass is 10.2. The van der Waals surface area contributed by atoms with Gasteiger partial charge in [-0.1, -0.05) is 6.07 Å². The fourth-order valence-electron chi connectivity index (χ4n) is 2.42. The number of nitrogens with zero attached hydrogens (tertiary/aromatic N) is 2. The first-order valence-corrected chi connectivity index (χ1v) is 7.74. The molecule has 1 aliphatic rings. The maximum Gasteiger partial charge on any atom is 0.396 e. The SMILES string of the molecule is CCOC(=O)C(=O)NCC(=O)N1CCN(c2cccc(F)c2)CC1. The molecule has 1 aliphatic heterocycles. The lowest BCUT2D eigenvalue weighted by molar-refractivity contribution is -0.154. The molecule has 0 atom stereocenters. The summed E-state index contributed by atoms with van der Waals surface area (Å²) >= 11 is 0. The highest BCUT2D eigenvalue weighted by molar-refractivity contribution is 6.32. The second-order valence-electron chi connectivity index (χ2n) is 5.25. The molecule has 1 fully saturated rings. The van der Waals surface area contributed by atoms with E-state index in [-0.39, 0.29) is 24.9 Å². The van der Waals surface area contributed by atoms with Gasteiger partial charge in [0.25, 0.3) is 0 Å². The van der Waals surface area contributed by atoms with Crippen molar-refractivity contribution in [2.45, 2.75) is 6.92 Å². The fraction of sp³-hybridized carbons (Fsp3) is 0.438. The highest BCUT2D eigenvalue weighted by atomic mass is 19.1. The van der Waals surface area contributed by atoms with Crippen LogP contribution in [0.15, 0.2) is 24.3 Å². The molecule has 1 aromatic carbocycles. The molecule has 0 spiro atoms. The van der Waals surface area contributed by atoms with Crippen LogP contribution in [-0.4, -0.2) is 62.0 Å². The molecular weight excluding hydrogens is 317 g/mol. The Bertz CT molecular complexity index is 615. The van der Waals surface area contributed by atoms with Crippen LogP contribution >= 0.6 is 0 Å². The molecule has 0 unspecified atom stereocenters. The first kappa shape index (κ1) is 17.7. The zero-order chi connectivity index (χ0) is 17.5. The second-order valence-corrected chi connectivity index (χ2v) is 5.25. The Labute approximate surface area is 139 Å². The molecule has 2 amide bonds. The van der Waals surface area contributed by atoms with Crippen molar-refractivity contribution in [1.82, 2.24) is 10.2 Å². The molecule has 0 aliphatic carbocycles. The third-order valence-corrected chi connectivity index (χ3v) is 3.67. The fourth-order valence-corrected chi connectivity index (χ4v) is 2.42. The number of benzene rings is 1. The van der Waals surface area contributed by atoms with Gasteiger partial charge in [-0.05, 0) is 25.1 Å². The van der Waals surface area contributed by atoms with Crippen molar-refractivity contribution in [3.63, 3.8) is 0 Å². The number of esters is 1. The highest BCUT2D eigenvalue weighted by Crippen LogP contribution is 2.17. The summed E-state index contributed by atoms with van der Waals surface area (Å²) in [5.74, 6) is -2.50. The molecule has 0 aromatic heterocycles. The monoisotopic (exact) mass is 337 g/mol. The number of carbonyl (C=O) groups excluding carboxylic acids is 3. The molecule has 130 valence electrons. The molecule has 8 heteroatoms. The van der Waals surface area contributed by atoms with Crippen LogP contribution in [0.1, 0.15) is 6.92 Å². The van der Waals surface area contributed by atoms with Gasteiger partial charge in [0.2, 0.25) is 5.91 Å². The molecule has 1 saturated heterocycles. The van der Waals surface area contributed by atoms with Gasteiger partial charge in [0.15, 0.2) is 0 Å². The smallest absolute Gasteiger partial charge is 0.396 e. The highest BCUT2D eigenvalue weighted by Gasteiger charge is 2.23. The summed E-state index contributed by atoms with van der Waals surface area (Å²) < 4.78 is 17.8. The van der Waals surface area contributed by atoms with Crippen molar-refractivity contribution >= 4 is 23.5 Å². The quantitative estimate of drug-likeness (QED) is 0.625. The van der Waals surface area contributed by atoms with Crippen molar-refractivity contribution in [3.8, 4) is 0 Å². The molecule has 1 aromatic rings. The number of hydrogen-bond acceptors (Lipinski definition) is 5. The van der Waals surface area contributed by atoms with Gasteiger partial charge in [-0.3, -0.25) is 9.59 Å². The topological polar surface area (TPSA) is 78.9 Å². The molecule has 1 N–H and O–H groups in total. The molecule has 0 saturated carbocycles. The number of halogens is 1. The van der Waals surface area contributed by atoms with Crippen molar-refractivity contribution in [1.29, 1.82) is 0 Å². The maximum absolute atomic E-state index is 13.3. The lowest BCUT2D eigenvalue weighted by Crippen LogP contribution is -2.51. The van der Waals surface area contributed by atoms with E-state index >= 15 is 0 Å².